The van der Waals surface area contributed by atoms with Crippen LogP contribution in [0.1, 0.15) is 0 Å². The highest BCUT2D eigenvalue weighted by Crippen LogP contribution is 2.16. The number of carbonyl (C=O) groups is 1. The minimum absolute atomic E-state index is 0.0348. The van der Waals surface area contributed by atoms with Crippen LogP contribution in [-0.2, 0) is 14.5 Å². The van der Waals surface area contributed by atoms with Crippen LogP contribution in [0.4, 0.5) is 13.2 Å². The topological polar surface area (TPSA) is 46.2 Å². The summed E-state index contributed by atoms with van der Waals surface area (Å²) >= 11 is 0. The Bertz CT molecular complexity index is 479. The first-order chi connectivity index (χ1) is 7.23. The summed E-state index contributed by atoms with van der Waals surface area (Å²) in [6, 6.07) is 7.22. The normalized spacial score (nSPS) is 15.2. The van der Waals surface area contributed by atoms with E-state index in [9.17, 15) is 22.2 Å². The van der Waals surface area contributed by atoms with Crippen molar-refractivity contribution in [3.05, 3.63) is 30.3 Å². The first kappa shape index (κ1) is 12.6. The van der Waals surface area contributed by atoms with Crippen molar-refractivity contribution in [1.82, 2.24) is 4.72 Å². The lowest BCUT2D eigenvalue weighted by molar-refractivity contribution is -0.171. The molecule has 0 spiro atoms. The number of rotatable bonds is 2. The lowest BCUT2D eigenvalue weighted by Gasteiger charge is -2.12. The average Bonchev–Trinajstić information content (AvgIpc) is 2.17. The van der Waals surface area contributed by atoms with Crippen molar-refractivity contribution in [2.45, 2.75) is 11.1 Å². The van der Waals surface area contributed by atoms with E-state index in [1.165, 1.54) is 29.0 Å². The smallest absolute Gasteiger partial charge is 0.271 e. The molecule has 0 aromatic heterocycles. The fraction of sp³-hybridized carbons (Fsp3) is 0.111. The van der Waals surface area contributed by atoms with Crippen LogP contribution >= 0.6 is 0 Å². The summed E-state index contributed by atoms with van der Waals surface area (Å²) in [7, 11) is -3.46. The third-order valence-corrected chi connectivity index (χ3v) is 3.19. The van der Waals surface area contributed by atoms with E-state index >= 15 is 0 Å². The van der Waals surface area contributed by atoms with Gasteiger partial charge in [0.25, 0.3) is 0 Å². The molecule has 0 aliphatic rings. The fourth-order valence-corrected chi connectivity index (χ4v) is 2.04. The van der Waals surface area contributed by atoms with Crippen molar-refractivity contribution in [3.63, 3.8) is 0 Å². The Morgan fingerprint density at radius 3 is 2.19 bits per heavy atom. The maximum absolute atomic E-state index is 11.9. The van der Waals surface area contributed by atoms with E-state index in [1.807, 2.05) is 0 Å². The van der Waals surface area contributed by atoms with Gasteiger partial charge < -0.3 is 0 Å². The highest BCUT2D eigenvalue weighted by Gasteiger charge is 2.40. The van der Waals surface area contributed by atoms with Gasteiger partial charge in [-0.3, -0.25) is 9.52 Å². The van der Waals surface area contributed by atoms with Crippen LogP contribution in [0.15, 0.2) is 35.2 Å². The van der Waals surface area contributed by atoms with Crippen molar-refractivity contribution in [2.75, 3.05) is 0 Å². The van der Waals surface area contributed by atoms with Crippen LogP contribution in [0.25, 0.3) is 0 Å². The van der Waals surface area contributed by atoms with E-state index in [0.29, 0.717) is 0 Å². The Morgan fingerprint density at radius 2 is 1.75 bits per heavy atom. The average molecular weight is 251 g/mol. The fourth-order valence-electron chi connectivity index (χ4n) is 0.907. The quantitative estimate of drug-likeness (QED) is 0.807. The highest BCUT2D eigenvalue weighted by atomic mass is 32.2. The minimum atomic E-state index is -5.07. The van der Waals surface area contributed by atoms with Crippen molar-refractivity contribution in [1.29, 1.82) is 0 Å². The number of benzene rings is 1. The van der Waals surface area contributed by atoms with Crippen LogP contribution in [0, 0.1) is 0 Å². The molecule has 3 nitrogen and oxygen atoms in total. The Labute approximate surface area is 90.4 Å². The molecule has 88 valence electrons. The second-order valence-electron chi connectivity index (χ2n) is 2.92. The molecule has 0 bridgehead atoms. The molecular weight excluding hydrogens is 243 g/mol. The SMILES string of the molecule is C=S(=O)(NC(=O)C(F)(F)F)c1ccccc1. The maximum atomic E-state index is 11.9. The minimum Gasteiger partial charge on any atom is -0.271 e. The predicted octanol–water partition coefficient (Wildman–Crippen LogP) is 1.36. The molecule has 0 saturated heterocycles. The van der Waals surface area contributed by atoms with Gasteiger partial charge in [-0.1, -0.05) is 18.2 Å². The van der Waals surface area contributed by atoms with Crippen molar-refractivity contribution >= 4 is 21.5 Å². The summed E-state index contributed by atoms with van der Waals surface area (Å²) in [6.07, 6.45) is -5.07. The summed E-state index contributed by atoms with van der Waals surface area (Å²) in [6.45, 7) is 0. The Hall–Kier alpha value is -1.50. The van der Waals surface area contributed by atoms with E-state index in [0.717, 1.165) is 0 Å². The van der Waals surface area contributed by atoms with E-state index < -0.39 is 21.8 Å². The number of hydrogen-bond acceptors (Lipinski definition) is 2. The molecule has 1 atom stereocenters. The van der Waals surface area contributed by atoms with E-state index in [1.54, 1.807) is 6.07 Å². The molecule has 0 aliphatic heterocycles. The number of carbonyl (C=O) groups excluding carboxylic acids is 1. The molecular formula is C9H8F3NO2S. The van der Waals surface area contributed by atoms with Crippen LogP contribution in [0.3, 0.4) is 0 Å². The summed E-state index contributed by atoms with van der Waals surface area (Å²) in [5, 5.41) is 0. The largest absolute Gasteiger partial charge is 0.472 e. The van der Waals surface area contributed by atoms with Gasteiger partial charge >= 0.3 is 12.1 Å². The van der Waals surface area contributed by atoms with Gasteiger partial charge in [-0.25, -0.2) is 4.21 Å². The van der Waals surface area contributed by atoms with Gasteiger partial charge in [0.2, 0.25) is 0 Å². The number of nitrogens with one attached hydrogen (secondary N) is 1. The van der Waals surface area contributed by atoms with E-state index in [2.05, 4.69) is 5.87 Å². The van der Waals surface area contributed by atoms with Crippen molar-refractivity contribution in [2.24, 2.45) is 0 Å². The van der Waals surface area contributed by atoms with Gasteiger partial charge in [0, 0.05) is 4.90 Å². The number of amides is 1. The first-order valence-electron chi connectivity index (χ1n) is 4.05. The molecule has 1 amide bonds. The molecule has 0 radical (unpaired) electrons. The van der Waals surface area contributed by atoms with Gasteiger partial charge in [-0.2, -0.15) is 13.2 Å². The van der Waals surface area contributed by atoms with E-state index in [4.69, 9.17) is 0 Å². The molecule has 1 rings (SSSR count). The molecule has 0 fully saturated rings. The second-order valence-corrected chi connectivity index (χ2v) is 4.94. The molecule has 1 aromatic rings. The van der Waals surface area contributed by atoms with Crippen LogP contribution in [-0.4, -0.2) is 22.2 Å². The van der Waals surface area contributed by atoms with Gasteiger partial charge in [-0.05, 0) is 18.0 Å². The van der Waals surface area contributed by atoms with Gasteiger partial charge in [0.05, 0.1) is 9.71 Å². The van der Waals surface area contributed by atoms with Crippen molar-refractivity contribution in [3.8, 4) is 0 Å². The second kappa shape index (κ2) is 4.17. The Kier molecular flexibility index (Phi) is 3.27. The molecule has 0 saturated carbocycles. The molecule has 1 aromatic carbocycles. The number of alkyl halides is 3. The third kappa shape index (κ3) is 2.99. The maximum Gasteiger partial charge on any atom is 0.472 e. The molecule has 7 heteroatoms. The number of hydrogen-bond donors (Lipinski definition) is 1. The molecule has 1 unspecified atom stereocenters. The Morgan fingerprint density at radius 1 is 1.25 bits per heavy atom. The standard InChI is InChI=1S/C9H8F3NO2S/c1-16(15,7-5-3-2-4-6-7)13-8(14)9(10,11)12/h2-6H,1H2,(H,13,14,15). The summed E-state index contributed by atoms with van der Waals surface area (Å²) in [5.41, 5.74) is 0. The zero-order valence-electron chi connectivity index (χ0n) is 7.95. The highest BCUT2D eigenvalue weighted by molar-refractivity contribution is 7.99. The molecule has 1 N–H and O–H groups in total. The van der Waals surface area contributed by atoms with Crippen molar-refractivity contribution < 1.29 is 22.2 Å². The zero-order chi connectivity index (χ0) is 12.4. The van der Waals surface area contributed by atoms with E-state index in [-0.39, 0.29) is 4.90 Å². The first-order valence-corrected chi connectivity index (χ1v) is 5.77. The monoisotopic (exact) mass is 251 g/mol. The van der Waals surface area contributed by atoms with Crippen LogP contribution < -0.4 is 4.72 Å². The molecule has 0 aliphatic carbocycles. The predicted molar refractivity (Wildman–Crippen MR) is 54.2 cm³/mol. The lowest BCUT2D eigenvalue weighted by Crippen LogP contribution is -2.40. The Balaban J connectivity index is 2.95. The van der Waals surface area contributed by atoms with Gasteiger partial charge in [0.15, 0.2) is 0 Å². The summed E-state index contributed by atoms with van der Waals surface area (Å²) in [4.78, 5) is 10.6. The molecule has 16 heavy (non-hydrogen) atoms. The zero-order valence-corrected chi connectivity index (χ0v) is 8.77. The number of halogens is 3. The lowest BCUT2D eigenvalue weighted by atomic mass is 10.4. The van der Waals surface area contributed by atoms with Gasteiger partial charge in [-0.15, -0.1) is 0 Å². The third-order valence-electron chi connectivity index (χ3n) is 1.64. The summed E-state index contributed by atoms with van der Waals surface area (Å²) in [5.74, 6) is 0.822. The van der Waals surface area contributed by atoms with Crippen LogP contribution in [0.2, 0.25) is 0 Å². The molecule has 0 heterocycles. The summed E-state index contributed by atoms with van der Waals surface area (Å²) < 4.78 is 48.9. The van der Waals surface area contributed by atoms with Gasteiger partial charge in [0.1, 0.15) is 0 Å². The van der Waals surface area contributed by atoms with Crippen LogP contribution in [0.5, 0.6) is 0 Å².